The zero-order chi connectivity index (χ0) is 21.3. The molecule has 0 saturated carbocycles. The molecular weight excluding hydrogens is 470 g/mol. The standard InChI is InChI=1S/C22H13BrClN3O3/c23-19-4-2-1-3-18(19)21-25-20(13-14-5-9-17(10-6-14)27(29)30)22(28)26(21)16-11-7-15(24)8-12-16/h1-13H/b20-13+. The van der Waals surface area contributed by atoms with Crippen molar-refractivity contribution in [3.05, 3.63) is 109 Å². The maximum atomic E-state index is 13.3. The van der Waals surface area contributed by atoms with Crippen LogP contribution in [0.5, 0.6) is 0 Å². The number of amidine groups is 1. The molecular formula is C22H13BrClN3O3. The molecule has 1 aliphatic heterocycles. The van der Waals surface area contributed by atoms with Gasteiger partial charge in [0.25, 0.3) is 11.6 Å². The van der Waals surface area contributed by atoms with Crippen LogP contribution in [0.2, 0.25) is 5.02 Å². The van der Waals surface area contributed by atoms with Gasteiger partial charge in [-0.2, -0.15) is 0 Å². The number of nitrogens with zero attached hydrogens (tertiary/aromatic N) is 3. The first-order valence-electron chi connectivity index (χ1n) is 8.84. The van der Waals surface area contributed by atoms with E-state index in [0.29, 0.717) is 22.1 Å². The summed E-state index contributed by atoms with van der Waals surface area (Å²) in [5, 5.41) is 11.4. The van der Waals surface area contributed by atoms with Crippen molar-refractivity contribution in [2.24, 2.45) is 4.99 Å². The first kappa shape index (κ1) is 20.0. The van der Waals surface area contributed by atoms with E-state index in [0.717, 1.165) is 10.0 Å². The Morgan fingerprint density at radius 3 is 2.30 bits per heavy atom. The van der Waals surface area contributed by atoms with Gasteiger partial charge in [-0.25, -0.2) is 4.99 Å². The number of non-ortho nitro benzene ring substituents is 1. The lowest BCUT2D eigenvalue weighted by molar-refractivity contribution is -0.384. The molecule has 30 heavy (non-hydrogen) atoms. The van der Waals surface area contributed by atoms with Crippen LogP contribution in [0, 0.1) is 10.1 Å². The van der Waals surface area contributed by atoms with Crippen LogP contribution in [0.4, 0.5) is 11.4 Å². The second kappa shape index (κ2) is 8.22. The van der Waals surface area contributed by atoms with Crippen molar-refractivity contribution < 1.29 is 9.72 Å². The normalized spacial score (nSPS) is 14.9. The Morgan fingerprint density at radius 1 is 1.00 bits per heavy atom. The summed E-state index contributed by atoms with van der Waals surface area (Å²) in [6, 6.07) is 20.4. The number of aliphatic imine (C=N–C) groups is 1. The molecule has 148 valence electrons. The van der Waals surface area contributed by atoms with Crippen molar-refractivity contribution in [1.82, 2.24) is 0 Å². The van der Waals surface area contributed by atoms with Crippen LogP contribution in [0.3, 0.4) is 0 Å². The van der Waals surface area contributed by atoms with E-state index in [-0.39, 0.29) is 17.3 Å². The second-order valence-corrected chi connectivity index (χ2v) is 7.70. The fraction of sp³-hybridized carbons (Fsp3) is 0. The van der Waals surface area contributed by atoms with E-state index >= 15 is 0 Å². The topological polar surface area (TPSA) is 75.8 Å². The third-order valence-electron chi connectivity index (χ3n) is 4.47. The van der Waals surface area contributed by atoms with E-state index in [1.54, 1.807) is 42.5 Å². The number of hydrogen-bond donors (Lipinski definition) is 0. The molecule has 0 unspecified atom stereocenters. The molecule has 1 aliphatic rings. The van der Waals surface area contributed by atoms with Crippen LogP contribution >= 0.6 is 27.5 Å². The van der Waals surface area contributed by atoms with Gasteiger partial charge in [-0.15, -0.1) is 0 Å². The van der Waals surface area contributed by atoms with Crippen molar-refractivity contribution >= 4 is 56.7 Å². The highest BCUT2D eigenvalue weighted by molar-refractivity contribution is 9.10. The number of benzene rings is 3. The predicted octanol–water partition coefficient (Wildman–Crippen LogP) is 5.85. The fourth-order valence-electron chi connectivity index (χ4n) is 3.02. The molecule has 3 aromatic carbocycles. The van der Waals surface area contributed by atoms with Crippen molar-refractivity contribution in [2.45, 2.75) is 0 Å². The molecule has 0 fully saturated rings. The zero-order valence-electron chi connectivity index (χ0n) is 15.3. The van der Waals surface area contributed by atoms with E-state index in [1.807, 2.05) is 24.3 Å². The number of halogens is 2. The largest absolute Gasteiger partial charge is 0.282 e. The van der Waals surface area contributed by atoms with Crippen LogP contribution in [0.1, 0.15) is 11.1 Å². The summed E-state index contributed by atoms with van der Waals surface area (Å²) in [7, 11) is 0. The minimum Gasteiger partial charge on any atom is -0.266 e. The van der Waals surface area contributed by atoms with Crippen molar-refractivity contribution in [2.75, 3.05) is 4.90 Å². The van der Waals surface area contributed by atoms with Gasteiger partial charge in [-0.05, 0) is 54.1 Å². The molecule has 1 amide bonds. The molecule has 8 heteroatoms. The monoisotopic (exact) mass is 481 g/mol. The van der Waals surface area contributed by atoms with E-state index < -0.39 is 4.92 Å². The Balaban J connectivity index is 1.80. The van der Waals surface area contributed by atoms with Crippen LogP contribution < -0.4 is 4.90 Å². The predicted molar refractivity (Wildman–Crippen MR) is 121 cm³/mol. The van der Waals surface area contributed by atoms with Crippen LogP contribution in [-0.2, 0) is 4.79 Å². The minimum atomic E-state index is -0.469. The summed E-state index contributed by atoms with van der Waals surface area (Å²) in [6.45, 7) is 0. The summed E-state index contributed by atoms with van der Waals surface area (Å²) >= 11 is 9.53. The Morgan fingerprint density at radius 2 is 1.67 bits per heavy atom. The lowest BCUT2D eigenvalue weighted by Crippen LogP contribution is -2.32. The van der Waals surface area contributed by atoms with Gasteiger partial charge in [0.2, 0.25) is 0 Å². The molecule has 0 bridgehead atoms. The van der Waals surface area contributed by atoms with E-state index in [9.17, 15) is 14.9 Å². The minimum absolute atomic E-state index is 0.0184. The lowest BCUT2D eigenvalue weighted by Gasteiger charge is -2.19. The van der Waals surface area contributed by atoms with Gasteiger partial charge < -0.3 is 0 Å². The van der Waals surface area contributed by atoms with Crippen LogP contribution in [0.15, 0.2) is 88.0 Å². The number of nitro benzene ring substituents is 1. The molecule has 0 radical (unpaired) electrons. The average Bonchev–Trinajstić information content (AvgIpc) is 3.05. The highest BCUT2D eigenvalue weighted by Gasteiger charge is 2.33. The fourth-order valence-corrected chi connectivity index (χ4v) is 3.61. The highest BCUT2D eigenvalue weighted by atomic mass is 79.9. The summed E-state index contributed by atoms with van der Waals surface area (Å²) in [5.74, 6) is 0.171. The molecule has 1 heterocycles. The van der Waals surface area contributed by atoms with Gasteiger partial charge in [0, 0.05) is 27.2 Å². The van der Waals surface area contributed by atoms with Crippen molar-refractivity contribution in [3.8, 4) is 0 Å². The first-order chi connectivity index (χ1) is 14.4. The van der Waals surface area contributed by atoms with Crippen molar-refractivity contribution in [1.29, 1.82) is 0 Å². The molecule has 0 spiro atoms. The number of amides is 1. The number of anilines is 1. The third kappa shape index (κ3) is 3.90. The van der Waals surface area contributed by atoms with E-state index in [1.165, 1.54) is 17.0 Å². The summed E-state index contributed by atoms with van der Waals surface area (Å²) in [5.41, 5.74) is 2.23. The number of carbonyl (C=O) groups is 1. The number of rotatable bonds is 4. The lowest BCUT2D eigenvalue weighted by atomic mass is 10.1. The Kier molecular flexibility index (Phi) is 5.48. The summed E-state index contributed by atoms with van der Waals surface area (Å²) in [4.78, 5) is 29.8. The third-order valence-corrected chi connectivity index (χ3v) is 5.41. The molecule has 0 atom stereocenters. The number of nitro groups is 1. The van der Waals surface area contributed by atoms with Gasteiger partial charge in [0.15, 0.2) is 0 Å². The van der Waals surface area contributed by atoms with Gasteiger partial charge >= 0.3 is 0 Å². The Hall–Kier alpha value is -3.29. The maximum absolute atomic E-state index is 13.3. The first-order valence-corrected chi connectivity index (χ1v) is 10.0. The van der Waals surface area contributed by atoms with Gasteiger partial charge in [-0.1, -0.05) is 45.7 Å². The van der Waals surface area contributed by atoms with Gasteiger partial charge in [-0.3, -0.25) is 19.8 Å². The van der Waals surface area contributed by atoms with Gasteiger partial charge in [0.1, 0.15) is 11.5 Å². The molecule has 6 nitrogen and oxygen atoms in total. The maximum Gasteiger partial charge on any atom is 0.282 e. The molecule has 0 N–H and O–H groups in total. The number of hydrogen-bond acceptors (Lipinski definition) is 4. The Labute approximate surface area is 185 Å². The van der Waals surface area contributed by atoms with E-state index in [4.69, 9.17) is 11.6 Å². The molecule has 0 saturated heterocycles. The SMILES string of the molecule is O=C1/C(=C\c2ccc([N+](=O)[O-])cc2)N=C(c2ccccc2Br)N1c1ccc(Cl)cc1. The summed E-state index contributed by atoms with van der Waals surface area (Å²) in [6.07, 6.45) is 1.61. The van der Waals surface area contributed by atoms with Crippen LogP contribution in [0.25, 0.3) is 6.08 Å². The number of carbonyl (C=O) groups excluding carboxylic acids is 1. The molecule has 0 aliphatic carbocycles. The average molecular weight is 483 g/mol. The highest BCUT2D eigenvalue weighted by Crippen LogP contribution is 2.31. The molecule has 4 rings (SSSR count). The van der Waals surface area contributed by atoms with Crippen LogP contribution in [-0.4, -0.2) is 16.7 Å². The molecule has 3 aromatic rings. The molecule has 0 aromatic heterocycles. The Bertz CT molecular complexity index is 1210. The smallest absolute Gasteiger partial charge is 0.266 e. The zero-order valence-corrected chi connectivity index (χ0v) is 17.7. The quantitative estimate of drug-likeness (QED) is 0.266. The summed E-state index contributed by atoms with van der Waals surface area (Å²) < 4.78 is 0.798. The van der Waals surface area contributed by atoms with Gasteiger partial charge in [0.05, 0.1) is 10.6 Å². The van der Waals surface area contributed by atoms with Crippen molar-refractivity contribution in [3.63, 3.8) is 0 Å². The second-order valence-electron chi connectivity index (χ2n) is 6.41. The van der Waals surface area contributed by atoms with E-state index in [2.05, 4.69) is 20.9 Å².